The molecule has 2 aromatic heterocycles. The predicted octanol–water partition coefficient (Wildman–Crippen LogP) is 2.31. The SMILES string of the molecule is CC(Nc1nc(C2CC2)ns1)c1ncc[nH]1. The number of aromatic amines is 1. The molecule has 5 nitrogen and oxygen atoms in total. The zero-order valence-corrected chi connectivity index (χ0v) is 9.79. The van der Waals surface area contributed by atoms with Crippen molar-refractivity contribution in [2.24, 2.45) is 0 Å². The summed E-state index contributed by atoms with van der Waals surface area (Å²) in [7, 11) is 0. The van der Waals surface area contributed by atoms with Crippen LogP contribution in [-0.4, -0.2) is 19.3 Å². The monoisotopic (exact) mass is 235 g/mol. The van der Waals surface area contributed by atoms with Gasteiger partial charge in [-0.1, -0.05) is 0 Å². The highest BCUT2D eigenvalue weighted by Gasteiger charge is 2.28. The third-order valence-electron chi connectivity index (χ3n) is 2.65. The van der Waals surface area contributed by atoms with Gasteiger partial charge in [0, 0.05) is 29.8 Å². The molecule has 0 aromatic carbocycles. The van der Waals surface area contributed by atoms with Crippen LogP contribution in [0.15, 0.2) is 12.4 Å². The molecule has 0 radical (unpaired) electrons. The highest BCUT2D eigenvalue weighted by atomic mass is 32.1. The van der Waals surface area contributed by atoms with Crippen molar-refractivity contribution < 1.29 is 0 Å². The van der Waals surface area contributed by atoms with Gasteiger partial charge < -0.3 is 10.3 Å². The van der Waals surface area contributed by atoms with Gasteiger partial charge in [-0.05, 0) is 19.8 Å². The summed E-state index contributed by atoms with van der Waals surface area (Å²) in [4.78, 5) is 11.8. The van der Waals surface area contributed by atoms with Crippen LogP contribution in [0.2, 0.25) is 0 Å². The Bertz CT molecular complexity index is 459. The number of aromatic nitrogens is 4. The van der Waals surface area contributed by atoms with E-state index in [0.29, 0.717) is 5.92 Å². The summed E-state index contributed by atoms with van der Waals surface area (Å²) in [5.74, 6) is 2.54. The lowest BCUT2D eigenvalue weighted by Gasteiger charge is -2.08. The summed E-state index contributed by atoms with van der Waals surface area (Å²) < 4.78 is 4.35. The van der Waals surface area contributed by atoms with Crippen LogP contribution in [0.5, 0.6) is 0 Å². The van der Waals surface area contributed by atoms with Gasteiger partial charge in [0.2, 0.25) is 5.13 Å². The molecule has 1 atom stereocenters. The third-order valence-corrected chi connectivity index (χ3v) is 3.31. The Morgan fingerprint density at radius 1 is 1.56 bits per heavy atom. The van der Waals surface area contributed by atoms with E-state index in [1.807, 2.05) is 6.20 Å². The molecule has 2 N–H and O–H groups in total. The lowest BCUT2D eigenvalue weighted by atomic mass is 10.3. The fourth-order valence-electron chi connectivity index (χ4n) is 1.57. The van der Waals surface area contributed by atoms with Crippen LogP contribution in [0.25, 0.3) is 0 Å². The lowest BCUT2D eigenvalue weighted by Crippen LogP contribution is -2.08. The molecule has 2 heterocycles. The molecule has 84 valence electrons. The lowest BCUT2D eigenvalue weighted by molar-refractivity contribution is 0.806. The van der Waals surface area contributed by atoms with E-state index in [9.17, 15) is 0 Å². The third kappa shape index (κ3) is 1.92. The van der Waals surface area contributed by atoms with Gasteiger partial charge in [0.05, 0.1) is 6.04 Å². The molecule has 1 unspecified atom stereocenters. The fourth-order valence-corrected chi connectivity index (χ4v) is 2.30. The zero-order valence-electron chi connectivity index (χ0n) is 8.97. The largest absolute Gasteiger partial charge is 0.351 e. The molecule has 0 amide bonds. The molecule has 0 saturated heterocycles. The highest BCUT2D eigenvalue weighted by molar-refractivity contribution is 7.09. The molecule has 16 heavy (non-hydrogen) atoms. The second-order valence-corrected chi connectivity index (χ2v) is 4.82. The molecule has 1 fully saturated rings. The van der Waals surface area contributed by atoms with Crippen LogP contribution in [0.3, 0.4) is 0 Å². The first-order valence-corrected chi connectivity index (χ1v) is 6.19. The molecule has 1 aliphatic carbocycles. The van der Waals surface area contributed by atoms with Crippen molar-refractivity contribution >= 4 is 16.7 Å². The number of rotatable bonds is 4. The first-order valence-electron chi connectivity index (χ1n) is 5.42. The average Bonchev–Trinajstić information content (AvgIpc) is 2.82. The molecule has 0 bridgehead atoms. The number of imidazole rings is 1. The minimum Gasteiger partial charge on any atom is -0.351 e. The Balaban J connectivity index is 1.68. The minimum absolute atomic E-state index is 0.134. The van der Waals surface area contributed by atoms with E-state index in [1.165, 1.54) is 24.4 Å². The molecular formula is C10H13N5S. The van der Waals surface area contributed by atoms with Gasteiger partial charge in [-0.25, -0.2) is 9.97 Å². The molecular weight excluding hydrogens is 222 g/mol. The average molecular weight is 235 g/mol. The molecule has 0 spiro atoms. The Kier molecular flexibility index (Phi) is 2.36. The molecule has 2 aromatic rings. The van der Waals surface area contributed by atoms with E-state index in [0.717, 1.165) is 16.8 Å². The zero-order chi connectivity index (χ0) is 11.0. The second kappa shape index (κ2) is 3.86. The van der Waals surface area contributed by atoms with Crippen molar-refractivity contribution in [3.8, 4) is 0 Å². The Labute approximate surface area is 97.5 Å². The van der Waals surface area contributed by atoms with E-state index in [2.05, 4.69) is 31.6 Å². The molecule has 3 rings (SSSR count). The van der Waals surface area contributed by atoms with Gasteiger partial charge >= 0.3 is 0 Å². The first-order chi connectivity index (χ1) is 7.83. The number of nitrogens with zero attached hydrogens (tertiary/aromatic N) is 3. The van der Waals surface area contributed by atoms with Gasteiger partial charge in [-0.3, -0.25) is 0 Å². The first kappa shape index (κ1) is 9.77. The van der Waals surface area contributed by atoms with Gasteiger partial charge in [-0.15, -0.1) is 0 Å². The second-order valence-electron chi connectivity index (χ2n) is 4.07. The smallest absolute Gasteiger partial charge is 0.203 e. The van der Waals surface area contributed by atoms with Crippen LogP contribution in [0.1, 0.15) is 43.4 Å². The Morgan fingerprint density at radius 3 is 3.12 bits per heavy atom. The van der Waals surface area contributed by atoms with Crippen LogP contribution < -0.4 is 5.32 Å². The summed E-state index contributed by atoms with van der Waals surface area (Å²) >= 11 is 1.43. The number of H-pyrrole nitrogens is 1. The summed E-state index contributed by atoms with van der Waals surface area (Å²) in [5, 5.41) is 4.18. The molecule has 0 aliphatic heterocycles. The Hall–Kier alpha value is -1.43. The normalized spacial score (nSPS) is 17.3. The van der Waals surface area contributed by atoms with Gasteiger partial charge in [0.25, 0.3) is 0 Å². The molecule has 6 heteroatoms. The number of hydrogen-bond donors (Lipinski definition) is 2. The van der Waals surface area contributed by atoms with Crippen molar-refractivity contribution in [3.63, 3.8) is 0 Å². The van der Waals surface area contributed by atoms with Crippen LogP contribution in [-0.2, 0) is 0 Å². The standard InChI is InChI=1S/C10H13N5S/c1-6(8-11-4-5-12-8)13-10-14-9(15-16-10)7-2-3-7/h4-7H,2-3H2,1H3,(H,11,12)(H,13,14,15). The topological polar surface area (TPSA) is 66.5 Å². The summed E-state index contributed by atoms with van der Waals surface area (Å²) in [5.41, 5.74) is 0. The van der Waals surface area contributed by atoms with Crippen LogP contribution >= 0.6 is 11.5 Å². The molecule has 1 saturated carbocycles. The van der Waals surface area contributed by atoms with Crippen molar-refractivity contribution in [1.82, 2.24) is 19.3 Å². The maximum Gasteiger partial charge on any atom is 0.203 e. The van der Waals surface area contributed by atoms with E-state index in [-0.39, 0.29) is 6.04 Å². The maximum absolute atomic E-state index is 4.48. The summed E-state index contributed by atoms with van der Waals surface area (Å²) in [6, 6.07) is 0.134. The van der Waals surface area contributed by atoms with Crippen molar-refractivity contribution in [2.75, 3.05) is 5.32 Å². The quantitative estimate of drug-likeness (QED) is 0.853. The van der Waals surface area contributed by atoms with E-state index in [1.54, 1.807) is 6.20 Å². The number of anilines is 1. The van der Waals surface area contributed by atoms with Crippen molar-refractivity contribution in [1.29, 1.82) is 0 Å². The van der Waals surface area contributed by atoms with E-state index >= 15 is 0 Å². The highest BCUT2D eigenvalue weighted by Crippen LogP contribution is 2.39. The summed E-state index contributed by atoms with van der Waals surface area (Å²) in [6.07, 6.45) is 6.06. The fraction of sp³-hybridized carbons (Fsp3) is 0.500. The van der Waals surface area contributed by atoms with Gasteiger partial charge in [-0.2, -0.15) is 4.37 Å². The van der Waals surface area contributed by atoms with E-state index in [4.69, 9.17) is 0 Å². The van der Waals surface area contributed by atoms with E-state index < -0.39 is 0 Å². The van der Waals surface area contributed by atoms with Crippen molar-refractivity contribution in [2.45, 2.75) is 31.7 Å². The summed E-state index contributed by atoms with van der Waals surface area (Å²) in [6.45, 7) is 2.05. The van der Waals surface area contributed by atoms with Crippen molar-refractivity contribution in [3.05, 3.63) is 24.0 Å². The van der Waals surface area contributed by atoms with Gasteiger partial charge in [0.1, 0.15) is 11.6 Å². The Morgan fingerprint density at radius 2 is 2.44 bits per heavy atom. The number of hydrogen-bond acceptors (Lipinski definition) is 5. The van der Waals surface area contributed by atoms with Gasteiger partial charge in [0.15, 0.2) is 0 Å². The maximum atomic E-state index is 4.48. The minimum atomic E-state index is 0.134. The molecule has 1 aliphatic rings. The predicted molar refractivity (Wildman–Crippen MR) is 62.5 cm³/mol. The van der Waals surface area contributed by atoms with Crippen LogP contribution in [0, 0.1) is 0 Å². The number of nitrogens with one attached hydrogen (secondary N) is 2. The van der Waals surface area contributed by atoms with Crippen LogP contribution in [0.4, 0.5) is 5.13 Å².